The molecule has 1 atom stereocenters. The summed E-state index contributed by atoms with van der Waals surface area (Å²) in [6.45, 7) is 4.64. The van der Waals surface area contributed by atoms with Crippen LogP contribution in [0.25, 0.3) is 11.2 Å². The van der Waals surface area contributed by atoms with E-state index in [2.05, 4.69) is 59.7 Å². The van der Waals surface area contributed by atoms with Gasteiger partial charge in [-0.05, 0) is 111 Å². The van der Waals surface area contributed by atoms with Gasteiger partial charge in [0, 0.05) is 43.8 Å². The van der Waals surface area contributed by atoms with Crippen molar-refractivity contribution in [2.45, 2.75) is 81.7 Å². The molecular formula is C47H53N9O5. The van der Waals surface area contributed by atoms with Crippen LogP contribution in [0.3, 0.4) is 0 Å². The van der Waals surface area contributed by atoms with Gasteiger partial charge in [-0.25, -0.2) is 15.0 Å². The third-order valence-electron chi connectivity index (χ3n) is 13.0. The number of imide groups is 1. The number of anilines is 2. The number of hydrogen-bond acceptors (Lipinski definition) is 10. The Bertz CT molecular complexity index is 2350. The highest BCUT2D eigenvalue weighted by Gasteiger charge is 2.33. The molecule has 3 aromatic carbocycles. The first-order chi connectivity index (χ1) is 29.8. The fourth-order valence-corrected chi connectivity index (χ4v) is 9.43. The molecule has 0 spiro atoms. The summed E-state index contributed by atoms with van der Waals surface area (Å²) in [6, 6.07) is 26.2. The molecular weight excluding hydrogens is 771 g/mol. The van der Waals surface area contributed by atoms with E-state index < -0.39 is 0 Å². The molecule has 9 rings (SSSR count). The van der Waals surface area contributed by atoms with Crippen LogP contribution in [-0.4, -0.2) is 98.3 Å². The Kier molecular flexibility index (Phi) is 12.0. The van der Waals surface area contributed by atoms with E-state index in [9.17, 15) is 19.2 Å². The Balaban J connectivity index is 0.691. The number of rotatable bonds is 13. The Morgan fingerprint density at radius 3 is 2.38 bits per heavy atom. The smallest absolute Gasteiger partial charge is 0.260 e. The normalized spacial score (nSPS) is 21.4. The van der Waals surface area contributed by atoms with Crippen molar-refractivity contribution in [1.29, 1.82) is 0 Å². The topological polar surface area (TPSA) is 164 Å². The van der Waals surface area contributed by atoms with Gasteiger partial charge in [-0.1, -0.05) is 54.6 Å². The minimum atomic E-state index is -0.388. The number of aromatic nitrogens is 4. The van der Waals surface area contributed by atoms with Crippen LogP contribution in [0.4, 0.5) is 11.5 Å². The van der Waals surface area contributed by atoms with Gasteiger partial charge in [0.15, 0.2) is 23.6 Å². The van der Waals surface area contributed by atoms with Crippen molar-refractivity contribution in [3.8, 4) is 5.75 Å². The van der Waals surface area contributed by atoms with Crippen LogP contribution in [0.1, 0.15) is 85.9 Å². The first-order valence-electron chi connectivity index (χ1n) is 21.8. The van der Waals surface area contributed by atoms with Gasteiger partial charge in [0.1, 0.15) is 12.1 Å². The number of hydrogen-bond donors (Lipinski definition) is 3. The van der Waals surface area contributed by atoms with Crippen LogP contribution >= 0.6 is 0 Å². The number of carbonyl (C=O) groups is 4. The minimum Gasteiger partial charge on any atom is -0.484 e. The second-order valence-electron chi connectivity index (χ2n) is 17.1. The maximum atomic E-state index is 13.1. The van der Waals surface area contributed by atoms with Crippen LogP contribution in [-0.2, 0) is 25.6 Å². The average molecular weight is 824 g/mol. The molecule has 4 fully saturated rings. The third kappa shape index (κ3) is 9.59. The van der Waals surface area contributed by atoms with Crippen LogP contribution in [0, 0.1) is 5.92 Å². The van der Waals surface area contributed by atoms with Crippen molar-refractivity contribution in [1.82, 2.24) is 40.0 Å². The Labute approximate surface area is 355 Å². The van der Waals surface area contributed by atoms with E-state index in [1.807, 2.05) is 53.7 Å². The number of piperidine rings is 3. The lowest BCUT2D eigenvalue weighted by atomic mass is 9.86. The molecule has 0 radical (unpaired) electrons. The zero-order chi connectivity index (χ0) is 41.7. The molecule has 316 valence electrons. The molecule has 2 aromatic heterocycles. The number of fused-ring (bicyclic) bond motifs is 1. The molecule has 5 heterocycles. The Morgan fingerprint density at radius 2 is 1.61 bits per heavy atom. The van der Waals surface area contributed by atoms with Crippen molar-refractivity contribution in [3.63, 3.8) is 0 Å². The van der Waals surface area contributed by atoms with E-state index in [1.165, 1.54) is 5.56 Å². The summed E-state index contributed by atoms with van der Waals surface area (Å²) in [4.78, 5) is 67.8. The molecule has 1 unspecified atom stereocenters. The number of ether oxygens (including phenoxy) is 1. The highest BCUT2D eigenvalue weighted by Crippen LogP contribution is 2.36. The highest BCUT2D eigenvalue weighted by atomic mass is 16.5. The average Bonchev–Trinajstić information content (AvgIpc) is 3.70. The summed E-state index contributed by atoms with van der Waals surface area (Å²) in [5.74, 6) is 1.44. The molecule has 0 bridgehead atoms. The predicted octanol–water partition coefficient (Wildman–Crippen LogP) is 5.65. The van der Waals surface area contributed by atoms with Gasteiger partial charge in [-0.2, -0.15) is 0 Å². The monoisotopic (exact) mass is 823 g/mol. The van der Waals surface area contributed by atoms with Gasteiger partial charge in [-0.15, -0.1) is 0 Å². The third-order valence-corrected chi connectivity index (χ3v) is 13.0. The first kappa shape index (κ1) is 40.3. The molecule has 3 saturated heterocycles. The van der Waals surface area contributed by atoms with Gasteiger partial charge in [0.05, 0.1) is 18.7 Å². The van der Waals surface area contributed by atoms with E-state index >= 15 is 0 Å². The summed E-state index contributed by atoms with van der Waals surface area (Å²) in [6.07, 6.45) is 10.5. The van der Waals surface area contributed by atoms with Gasteiger partial charge in [0.25, 0.3) is 5.91 Å². The molecule has 14 heteroatoms. The molecule has 61 heavy (non-hydrogen) atoms. The highest BCUT2D eigenvalue weighted by molar-refractivity contribution is 6.01. The fraction of sp³-hybridized carbons (Fsp3) is 0.426. The molecule has 14 nitrogen and oxygen atoms in total. The van der Waals surface area contributed by atoms with E-state index in [-0.39, 0.29) is 48.2 Å². The van der Waals surface area contributed by atoms with E-state index in [0.717, 1.165) is 99.2 Å². The lowest BCUT2D eigenvalue weighted by molar-refractivity contribution is -0.135. The molecule has 4 aliphatic rings. The van der Waals surface area contributed by atoms with Crippen LogP contribution in [0.2, 0.25) is 0 Å². The maximum Gasteiger partial charge on any atom is 0.260 e. The van der Waals surface area contributed by atoms with E-state index in [4.69, 9.17) is 9.72 Å². The van der Waals surface area contributed by atoms with Crippen LogP contribution in [0.15, 0.2) is 91.5 Å². The predicted molar refractivity (Wildman–Crippen MR) is 230 cm³/mol. The number of benzene rings is 3. The SMILES string of the molecule is O=C1CCC(c2cccc(OCC(=O)N3CCC(CN4CCC(c5ccc(Nc6ncnc7c6ncn7C6CC(NC(=O)Cc7ccccc7)C6)cc5)CC4)CC3)c2)C(=O)N1. The van der Waals surface area contributed by atoms with Crippen molar-refractivity contribution >= 4 is 46.3 Å². The second kappa shape index (κ2) is 18.2. The summed E-state index contributed by atoms with van der Waals surface area (Å²) in [5, 5.41) is 9.05. The zero-order valence-electron chi connectivity index (χ0n) is 34.4. The number of amides is 4. The van der Waals surface area contributed by atoms with E-state index in [1.54, 1.807) is 18.5 Å². The molecule has 3 aliphatic heterocycles. The van der Waals surface area contributed by atoms with Crippen molar-refractivity contribution < 1.29 is 23.9 Å². The van der Waals surface area contributed by atoms with Gasteiger partial charge >= 0.3 is 0 Å². The summed E-state index contributed by atoms with van der Waals surface area (Å²) in [5.41, 5.74) is 5.64. The minimum absolute atomic E-state index is 0.0191. The largest absolute Gasteiger partial charge is 0.484 e. The van der Waals surface area contributed by atoms with Crippen molar-refractivity contribution in [2.24, 2.45) is 5.92 Å². The first-order valence-corrected chi connectivity index (χ1v) is 21.8. The number of nitrogens with zero attached hydrogens (tertiary/aromatic N) is 6. The zero-order valence-corrected chi connectivity index (χ0v) is 34.4. The Hall–Kier alpha value is -6.15. The number of likely N-dealkylation sites (tertiary alicyclic amines) is 2. The van der Waals surface area contributed by atoms with Gasteiger partial charge in [-0.3, -0.25) is 24.5 Å². The molecule has 4 amide bonds. The fourth-order valence-electron chi connectivity index (χ4n) is 9.43. The standard InChI is InChI=1S/C47H53N9O5/c57-41-14-13-40(47(60)53-41)35-7-4-8-39(24-35)61-28-43(59)55-21-15-32(16-22-55)27-54-19-17-34(18-20-54)33-9-11-36(12-10-33)52-45-44-46(49-29-48-45)56(30-50-44)38-25-37(26-38)51-42(58)23-31-5-2-1-3-6-31/h1-12,24,29-30,32,34,37-38,40H,13-23,25-28H2,(H,51,58)(H,48,49,52)(H,53,57,60). The summed E-state index contributed by atoms with van der Waals surface area (Å²) < 4.78 is 7.98. The van der Waals surface area contributed by atoms with Gasteiger partial charge < -0.3 is 29.7 Å². The second-order valence-corrected chi connectivity index (χ2v) is 17.1. The number of imidazole rings is 1. The van der Waals surface area contributed by atoms with Crippen molar-refractivity contribution in [3.05, 3.63) is 108 Å². The molecule has 5 aromatic rings. The quantitative estimate of drug-likeness (QED) is 0.127. The lowest BCUT2D eigenvalue weighted by Gasteiger charge is -2.37. The number of carbonyl (C=O) groups excluding carboxylic acids is 4. The molecule has 1 aliphatic carbocycles. The molecule has 3 N–H and O–H groups in total. The molecule has 1 saturated carbocycles. The van der Waals surface area contributed by atoms with Crippen LogP contribution in [0.5, 0.6) is 5.75 Å². The lowest BCUT2D eigenvalue weighted by Crippen LogP contribution is -2.45. The summed E-state index contributed by atoms with van der Waals surface area (Å²) in [7, 11) is 0. The summed E-state index contributed by atoms with van der Waals surface area (Å²) >= 11 is 0. The van der Waals surface area contributed by atoms with Gasteiger partial charge in [0.2, 0.25) is 17.7 Å². The maximum absolute atomic E-state index is 13.1. The van der Waals surface area contributed by atoms with Crippen LogP contribution < -0.4 is 20.7 Å². The van der Waals surface area contributed by atoms with E-state index in [0.29, 0.717) is 42.7 Å². The number of nitrogens with one attached hydrogen (secondary N) is 3. The Morgan fingerprint density at radius 1 is 0.820 bits per heavy atom. The van der Waals surface area contributed by atoms with Crippen molar-refractivity contribution in [2.75, 3.05) is 44.6 Å².